The van der Waals surface area contributed by atoms with Crippen molar-refractivity contribution in [2.75, 3.05) is 17.2 Å². The Labute approximate surface area is 125 Å². The van der Waals surface area contributed by atoms with Gasteiger partial charge in [0.05, 0.1) is 0 Å². The molecule has 1 atom stereocenters. The van der Waals surface area contributed by atoms with E-state index in [0.717, 1.165) is 18.7 Å². The molecule has 0 saturated carbocycles. The van der Waals surface area contributed by atoms with E-state index >= 15 is 0 Å². The van der Waals surface area contributed by atoms with Crippen LogP contribution >= 0.6 is 0 Å². The highest BCUT2D eigenvalue weighted by molar-refractivity contribution is 5.99. The molecule has 0 aromatic heterocycles. The molecule has 3 nitrogen and oxygen atoms in total. The normalized spacial score (nSPS) is 17.4. The summed E-state index contributed by atoms with van der Waals surface area (Å²) >= 11 is 0. The third kappa shape index (κ3) is 2.51. The first-order valence-corrected chi connectivity index (χ1v) is 7.32. The first kappa shape index (κ1) is 13.7. The van der Waals surface area contributed by atoms with Crippen molar-refractivity contribution in [3.05, 3.63) is 53.6 Å². The van der Waals surface area contributed by atoms with Crippen LogP contribution in [0.5, 0.6) is 0 Å². The lowest BCUT2D eigenvalue weighted by atomic mass is 9.93. The lowest BCUT2D eigenvalue weighted by Crippen LogP contribution is -2.30. The molecule has 1 heterocycles. The van der Waals surface area contributed by atoms with Crippen LogP contribution < -0.4 is 10.6 Å². The van der Waals surface area contributed by atoms with E-state index in [9.17, 15) is 4.79 Å². The van der Waals surface area contributed by atoms with Gasteiger partial charge >= 0.3 is 0 Å². The molecule has 0 radical (unpaired) electrons. The van der Waals surface area contributed by atoms with E-state index in [1.165, 1.54) is 11.3 Å². The number of hydrogen-bond acceptors (Lipinski definition) is 3. The van der Waals surface area contributed by atoms with Crippen molar-refractivity contribution >= 4 is 22.8 Å². The number of para-hydroxylation sites is 1. The number of nitrogens with two attached hydrogens (primary N) is 1. The number of carbonyl (C=O) groups excluding carboxylic acids is 1. The number of Topliss-reactive ketones (excluding diaryl/α,β-unsaturated/α-hetero) is 1. The molecule has 1 aliphatic heterocycles. The van der Waals surface area contributed by atoms with Gasteiger partial charge < -0.3 is 10.6 Å². The lowest BCUT2D eigenvalue weighted by molar-refractivity contribution is 0.101. The Morgan fingerprint density at radius 1 is 1.24 bits per heavy atom. The molecule has 2 aromatic carbocycles. The molecule has 3 rings (SSSR count). The molecule has 2 aromatic rings. The van der Waals surface area contributed by atoms with Crippen LogP contribution in [0.1, 0.15) is 29.8 Å². The quantitative estimate of drug-likeness (QED) is 0.672. The molecule has 3 heteroatoms. The first-order chi connectivity index (χ1) is 10.1. The van der Waals surface area contributed by atoms with Gasteiger partial charge in [-0.2, -0.15) is 0 Å². The summed E-state index contributed by atoms with van der Waals surface area (Å²) in [6.45, 7) is 4.77. The minimum atomic E-state index is 0.00598. The summed E-state index contributed by atoms with van der Waals surface area (Å²) in [5.74, 6) is 0.597. The summed E-state index contributed by atoms with van der Waals surface area (Å²) in [5, 5.41) is 0. The van der Waals surface area contributed by atoms with E-state index < -0.39 is 0 Å². The Morgan fingerprint density at radius 2 is 2.00 bits per heavy atom. The van der Waals surface area contributed by atoms with Crippen molar-refractivity contribution in [2.45, 2.75) is 20.3 Å². The van der Waals surface area contributed by atoms with E-state index in [0.29, 0.717) is 17.2 Å². The van der Waals surface area contributed by atoms with E-state index in [2.05, 4.69) is 36.1 Å². The van der Waals surface area contributed by atoms with Crippen LogP contribution in [0.4, 0.5) is 17.1 Å². The highest BCUT2D eigenvalue weighted by Crippen LogP contribution is 2.36. The molecule has 0 aliphatic carbocycles. The van der Waals surface area contributed by atoms with Gasteiger partial charge in [0.1, 0.15) is 0 Å². The van der Waals surface area contributed by atoms with Gasteiger partial charge in [0.25, 0.3) is 0 Å². The molecule has 0 spiro atoms. The summed E-state index contributed by atoms with van der Waals surface area (Å²) in [6, 6.07) is 14.2. The van der Waals surface area contributed by atoms with Crippen LogP contribution in [0.3, 0.4) is 0 Å². The number of nitrogens with zero attached hydrogens (tertiary/aromatic N) is 1. The molecule has 0 bridgehead atoms. The van der Waals surface area contributed by atoms with Crippen molar-refractivity contribution < 1.29 is 4.79 Å². The number of rotatable bonds is 2. The largest absolute Gasteiger partial charge is 0.398 e. The second-order valence-electron chi connectivity index (χ2n) is 5.88. The first-order valence-electron chi connectivity index (χ1n) is 7.32. The second kappa shape index (κ2) is 5.24. The number of hydrogen-bond donors (Lipinski definition) is 1. The smallest absolute Gasteiger partial charge is 0.161 e. The molecular weight excluding hydrogens is 260 g/mol. The molecule has 21 heavy (non-hydrogen) atoms. The molecule has 1 aliphatic rings. The van der Waals surface area contributed by atoms with Crippen LogP contribution in [0.15, 0.2) is 42.5 Å². The summed E-state index contributed by atoms with van der Waals surface area (Å²) in [7, 11) is 0. The summed E-state index contributed by atoms with van der Waals surface area (Å²) in [4.78, 5) is 13.8. The standard InChI is InChI=1S/C18H20N2O/c1-12-9-14-5-3-4-6-18(14)20(11-12)15-7-8-16(13(2)21)17(19)10-15/h3-8,10,12H,9,11,19H2,1-2H3. The third-order valence-corrected chi connectivity index (χ3v) is 4.07. The number of benzene rings is 2. The average molecular weight is 280 g/mol. The highest BCUT2D eigenvalue weighted by atomic mass is 16.1. The molecule has 0 saturated heterocycles. The van der Waals surface area contributed by atoms with Crippen LogP contribution in [-0.4, -0.2) is 12.3 Å². The van der Waals surface area contributed by atoms with Gasteiger partial charge in [0, 0.05) is 29.2 Å². The Balaban J connectivity index is 2.05. The predicted octanol–water partition coefficient (Wildman–Crippen LogP) is 3.80. The number of fused-ring (bicyclic) bond motifs is 1. The maximum atomic E-state index is 11.5. The Hall–Kier alpha value is -2.29. The summed E-state index contributed by atoms with van der Waals surface area (Å²) < 4.78 is 0. The van der Waals surface area contributed by atoms with Crippen molar-refractivity contribution in [2.24, 2.45) is 5.92 Å². The number of ketones is 1. The van der Waals surface area contributed by atoms with Gasteiger partial charge in [0.2, 0.25) is 0 Å². The molecule has 2 N–H and O–H groups in total. The van der Waals surface area contributed by atoms with E-state index in [1.807, 2.05) is 18.2 Å². The zero-order valence-electron chi connectivity index (χ0n) is 12.5. The Kier molecular flexibility index (Phi) is 3.42. The topological polar surface area (TPSA) is 46.3 Å². The minimum Gasteiger partial charge on any atom is -0.398 e. The Bertz CT molecular complexity index is 693. The fourth-order valence-electron chi connectivity index (χ4n) is 3.08. The molecule has 0 amide bonds. The monoisotopic (exact) mass is 280 g/mol. The van der Waals surface area contributed by atoms with Crippen molar-refractivity contribution in [3.8, 4) is 0 Å². The minimum absolute atomic E-state index is 0.00598. The second-order valence-corrected chi connectivity index (χ2v) is 5.88. The molecule has 1 unspecified atom stereocenters. The van der Waals surface area contributed by atoms with Crippen LogP contribution in [0, 0.1) is 5.92 Å². The van der Waals surface area contributed by atoms with Gasteiger partial charge in [0.15, 0.2) is 5.78 Å². The molecule has 108 valence electrons. The summed E-state index contributed by atoms with van der Waals surface area (Å²) in [6.07, 6.45) is 1.10. The number of carbonyl (C=O) groups is 1. The zero-order valence-corrected chi connectivity index (χ0v) is 12.5. The predicted molar refractivity (Wildman–Crippen MR) is 87.2 cm³/mol. The van der Waals surface area contributed by atoms with E-state index in [-0.39, 0.29) is 5.78 Å². The van der Waals surface area contributed by atoms with Gasteiger partial charge in [-0.15, -0.1) is 0 Å². The van der Waals surface area contributed by atoms with Crippen LogP contribution in [0.25, 0.3) is 0 Å². The van der Waals surface area contributed by atoms with E-state index in [4.69, 9.17) is 5.73 Å². The Morgan fingerprint density at radius 3 is 2.71 bits per heavy atom. The molecular formula is C18H20N2O. The third-order valence-electron chi connectivity index (χ3n) is 4.07. The van der Waals surface area contributed by atoms with Crippen LogP contribution in [-0.2, 0) is 6.42 Å². The van der Waals surface area contributed by atoms with Gasteiger partial charge in [-0.05, 0) is 49.1 Å². The lowest BCUT2D eigenvalue weighted by Gasteiger charge is -2.35. The van der Waals surface area contributed by atoms with Crippen LogP contribution in [0.2, 0.25) is 0 Å². The van der Waals surface area contributed by atoms with Gasteiger partial charge in [-0.25, -0.2) is 0 Å². The van der Waals surface area contributed by atoms with Gasteiger partial charge in [-0.1, -0.05) is 25.1 Å². The molecule has 0 fully saturated rings. The summed E-state index contributed by atoms with van der Waals surface area (Å²) in [5.41, 5.74) is 10.8. The van der Waals surface area contributed by atoms with E-state index in [1.54, 1.807) is 6.92 Å². The fourth-order valence-corrected chi connectivity index (χ4v) is 3.08. The SMILES string of the molecule is CC(=O)c1ccc(N2CC(C)Cc3ccccc32)cc1N. The van der Waals surface area contributed by atoms with Crippen molar-refractivity contribution in [1.82, 2.24) is 0 Å². The van der Waals surface area contributed by atoms with Crippen molar-refractivity contribution in [3.63, 3.8) is 0 Å². The fraction of sp³-hybridized carbons (Fsp3) is 0.278. The highest BCUT2D eigenvalue weighted by Gasteiger charge is 2.23. The zero-order chi connectivity index (χ0) is 15.0. The van der Waals surface area contributed by atoms with Crippen molar-refractivity contribution in [1.29, 1.82) is 0 Å². The maximum absolute atomic E-state index is 11.5. The number of nitrogen functional groups attached to an aromatic ring is 1. The maximum Gasteiger partial charge on any atom is 0.161 e. The number of anilines is 3. The van der Waals surface area contributed by atoms with Gasteiger partial charge in [-0.3, -0.25) is 4.79 Å². The average Bonchev–Trinajstić information content (AvgIpc) is 2.45.